The summed E-state index contributed by atoms with van der Waals surface area (Å²) in [6.45, 7) is 9.06. The van der Waals surface area contributed by atoms with Crippen molar-refractivity contribution in [2.24, 2.45) is 0 Å². The summed E-state index contributed by atoms with van der Waals surface area (Å²) in [6, 6.07) is 5.36. The quantitative estimate of drug-likeness (QED) is 0.790. The van der Waals surface area contributed by atoms with Crippen LogP contribution in [-0.2, 0) is 9.47 Å². The molecule has 0 saturated heterocycles. The number of carbonyl (C=O) groups excluding carboxylic acids is 2. The molecule has 0 aliphatic rings. The fraction of sp³-hybridized carbons (Fsp3) is 0.294. The van der Waals surface area contributed by atoms with Crippen LogP contribution in [0.5, 0.6) is 0 Å². The molecule has 0 aliphatic heterocycles. The van der Waals surface area contributed by atoms with Crippen molar-refractivity contribution in [3.63, 3.8) is 0 Å². The maximum Gasteiger partial charge on any atom is 0.419 e. The first-order valence-corrected chi connectivity index (χ1v) is 6.86. The van der Waals surface area contributed by atoms with Gasteiger partial charge in [-0.05, 0) is 38.5 Å². The fourth-order valence-corrected chi connectivity index (χ4v) is 2.11. The van der Waals surface area contributed by atoms with E-state index in [4.69, 9.17) is 9.47 Å². The number of methoxy groups -OCH3 is 1. The van der Waals surface area contributed by atoms with Crippen LogP contribution in [0, 0.1) is 0 Å². The number of fused-ring (bicyclic) bond motifs is 1. The van der Waals surface area contributed by atoms with Crippen LogP contribution in [-0.4, -0.2) is 29.3 Å². The SMILES string of the molecule is C=Cc1ccc2c(c1)c(C(=O)OC)cn2C(=O)OC(C)(C)C. The lowest BCUT2D eigenvalue weighted by atomic mass is 10.1. The van der Waals surface area contributed by atoms with Gasteiger partial charge in [0.1, 0.15) is 5.60 Å². The highest BCUT2D eigenvalue weighted by molar-refractivity contribution is 6.07. The van der Waals surface area contributed by atoms with E-state index in [-0.39, 0.29) is 0 Å². The second-order valence-corrected chi connectivity index (χ2v) is 5.87. The van der Waals surface area contributed by atoms with Crippen molar-refractivity contribution < 1.29 is 19.1 Å². The predicted octanol–water partition coefficient (Wildman–Crippen LogP) is 3.85. The van der Waals surface area contributed by atoms with Crippen molar-refractivity contribution in [1.82, 2.24) is 4.57 Å². The maximum atomic E-state index is 12.3. The Hall–Kier alpha value is -2.56. The molecule has 0 amide bonds. The Labute approximate surface area is 129 Å². The molecule has 0 bridgehead atoms. The zero-order valence-electron chi connectivity index (χ0n) is 13.2. The van der Waals surface area contributed by atoms with E-state index in [0.717, 1.165) is 5.56 Å². The first kappa shape index (κ1) is 15.8. The van der Waals surface area contributed by atoms with E-state index >= 15 is 0 Å². The van der Waals surface area contributed by atoms with E-state index in [1.165, 1.54) is 17.9 Å². The van der Waals surface area contributed by atoms with Gasteiger partial charge in [0.05, 0.1) is 18.2 Å². The highest BCUT2D eigenvalue weighted by Crippen LogP contribution is 2.25. The molecule has 0 aliphatic carbocycles. The Bertz CT molecular complexity index is 750. The van der Waals surface area contributed by atoms with Crippen LogP contribution in [0.3, 0.4) is 0 Å². The van der Waals surface area contributed by atoms with Gasteiger partial charge in [0.25, 0.3) is 0 Å². The topological polar surface area (TPSA) is 57.5 Å². The average molecular weight is 301 g/mol. The summed E-state index contributed by atoms with van der Waals surface area (Å²) in [7, 11) is 1.30. The van der Waals surface area contributed by atoms with Gasteiger partial charge in [-0.25, -0.2) is 9.59 Å². The monoisotopic (exact) mass is 301 g/mol. The van der Waals surface area contributed by atoms with Crippen molar-refractivity contribution in [1.29, 1.82) is 0 Å². The van der Waals surface area contributed by atoms with Crippen molar-refractivity contribution in [3.05, 3.63) is 42.1 Å². The summed E-state index contributed by atoms with van der Waals surface area (Å²) >= 11 is 0. The van der Waals surface area contributed by atoms with Crippen LogP contribution in [0.15, 0.2) is 31.0 Å². The third kappa shape index (κ3) is 3.03. The largest absolute Gasteiger partial charge is 0.465 e. The van der Waals surface area contributed by atoms with Crippen molar-refractivity contribution >= 4 is 29.0 Å². The summed E-state index contributed by atoms with van der Waals surface area (Å²) < 4.78 is 11.5. The maximum absolute atomic E-state index is 12.3. The van der Waals surface area contributed by atoms with Crippen LogP contribution < -0.4 is 0 Å². The lowest BCUT2D eigenvalue weighted by Gasteiger charge is -2.19. The summed E-state index contributed by atoms with van der Waals surface area (Å²) in [5, 5.41) is 0.620. The van der Waals surface area contributed by atoms with Crippen LogP contribution in [0.1, 0.15) is 36.7 Å². The molecule has 1 heterocycles. The van der Waals surface area contributed by atoms with E-state index in [0.29, 0.717) is 16.5 Å². The number of hydrogen-bond donors (Lipinski definition) is 0. The molecule has 2 rings (SSSR count). The van der Waals surface area contributed by atoms with Gasteiger partial charge in [-0.15, -0.1) is 0 Å². The highest BCUT2D eigenvalue weighted by Gasteiger charge is 2.23. The Kier molecular flexibility index (Phi) is 4.08. The molecule has 116 valence electrons. The Morgan fingerprint density at radius 3 is 2.50 bits per heavy atom. The van der Waals surface area contributed by atoms with E-state index < -0.39 is 17.7 Å². The predicted molar refractivity (Wildman–Crippen MR) is 85.0 cm³/mol. The molecule has 0 atom stereocenters. The zero-order valence-corrected chi connectivity index (χ0v) is 13.2. The Morgan fingerprint density at radius 2 is 1.95 bits per heavy atom. The third-order valence-electron chi connectivity index (χ3n) is 3.06. The number of carbonyl (C=O) groups is 2. The fourth-order valence-electron chi connectivity index (χ4n) is 2.11. The molecule has 2 aromatic rings. The lowest BCUT2D eigenvalue weighted by molar-refractivity contribution is 0.0544. The molecule has 22 heavy (non-hydrogen) atoms. The molecule has 0 saturated carbocycles. The zero-order chi connectivity index (χ0) is 16.5. The third-order valence-corrected chi connectivity index (χ3v) is 3.06. The number of aromatic nitrogens is 1. The molecule has 0 unspecified atom stereocenters. The van der Waals surface area contributed by atoms with E-state index in [2.05, 4.69) is 6.58 Å². The van der Waals surface area contributed by atoms with Gasteiger partial charge in [0.2, 0.25) is 0 Å². The Balaban J connectivity index is 2.63. The van der Waals surface area contributed by atoms with Crippen molar-refractivity contribution in [2.45, 2.75) is 26.4 Å². The minimum atomic E-state index is -0.625. The molecule has 5 heteroatoms. The van der Waals surface area contributed by atoms with E-state index in [1.54, 1.807) is 39.0 Å². The molecule has 1 aromatic heterocycles. The summed E-state index contributed by atoms with van der Waals surface area (Å²) in [4.78, 5) is 24.3. The van der Waals surface area contributed by atoms with Crippen molar-refractivity contribution in [2.75, 3.05) is 7.11 Å². The summed E-state index contributed by atoms with van der Waals surface area (Å²) in [6.07, 6.45) is 2.57. The van der Waals surface area contributed by atoms with Gasteiger partial charge in [-0.1, -0.05) is 18.7 Å². The molecule has 0 N–H and O–H groups in total. The average Bonchev–Trinajstić information content (AvgIpc) is 2.83. The number of esters is 1. The van der Waals surface area contributed by atoms with Gasteiger partial charge >= 0.3 is 12.1 Å². The molecule has 1 aromatic carbocycles. The lowest BCUT2D eigenvalue weighted by Crippen LogP contribution is -2.26. The minimum Gasteiger partial charge on any atom is -0.465 e. The van der Waals surface area contributed by atoms with Gasteiger partial charge in [-0.2, -0.15) is 0 Å². The first-order valence-electron chi connectivity index (χ1n) is 6.86. The smallest absolute Gasteiger partial charge is 0.419 e. The van der Waals surface area contributed by atoms with Crippen LogP contribution in [0.4, 0.5) is 4.79 Å². The highest BCUT2D eigenvalue weighted by atomic mass is 16.6. The summed E-state index contributed by atoms with van der Waals surface area (Å²) in [5.41, 5.74) is 1.12. The van der Waals surface area contributed by atoms with E-state index in [1.807, 2.05) is 6.07 Å². The molecular formula is C17H19NO4. The normalized spacial score (nSPS) is 11.3. The molecule has 5 nitrogen and oxygen atoms in total. The standard InChI is InChI=1S/C17H19NO4/c1-6-11-7-8-14-12(9-11)13(15(19)21-5)10-18(14)16(20)22-17(2,3)4/h6-10H,1H2,2-5H3. The van der Waals surface area contributed by atoms with Crippen molar-refractivity contribution in [3.8, 4) is 0 Å². The van der Waals surface area contributed by atoms with E-state index in [9.17, 15) is 9.59 Å². The first-order chi connectivity index (χ1) is 10.3. The van der Waals surface area contributed by atoms with Gasteiger partial charge in [0.15, 0.2) is 0 Å². The summed E-state index contributed by atoms with van der Waals surface area (Å²) in [5.74, 6) is -0.506. The molecule has 0 spiro atoms. The van der Waals surface area contributed by atoms with Gasteiger partial charge in [-0.3, -0.25) is 4.57 Å². The second kappa shape index (κ2) is 5.67. The van der Waals surface area contributed by atoms with Crippen LogP contribution in [0.2, 0.25) is 0 Å². The van der Waals surface area contributed by atoms with Crippen LogP contribution in [0.25, 0.3) is 17.0 Å². The van der Waals surface area contributed by atoms with Gasteiger partial charge in [0, 0.05) is 11.6 Å². The van der Waals surface area contributed by atoms with Gasteiger partial charge < -0.3 is 9.47 Å². The number of nitrogens with zero attached hydrogens (tertiary/aromatic N) is 1. The molecule has 0 fully saturated rings. The Morgan fingerprint density at radius 1 is 1.27 bits per heavy atom. The molecule has 0 radical (unpaired) electrons. The number of ether oxygens (including phenoxy) is 2. The molecular weight excluding hydrogens is 282 g/mol. The number of benzene rings is 1. The second-order valence-electron chi connectivity index (χ2n) is 5.87. The number of hydrogen-bond acceptors (Lipinski definition) is 4. The minimum absolute atomic E-state index is 0.312. The number of rotatable bonds is 2. The van der Waals surface area contributed by atoms with Crippen LogP contribution >= 0.6 is 0 Å².